The number of benzene rings is 3. The number of carbonyl (C=O) groups is 1. The molecule has 1 aliphatic heterocycles. The van der Waals surface area contributed by atoms with E-state index in [2.05, 4.69) is 10.6 Å². The van der Waals surface area contributed by atoms with E-state index >= 15 is 0 Å². The van der Waals surface area contributed by atoms with Gasteiger partial charge in [-0.05, 0) is 54.5 Å². The Balaban J connectivity index is 1.38. The number of amides is 1. The van der Waals surface area contributed by atoms with Crippen molar-refractivity contribution < 1.29 is 26.7 Å². The fraction of sp³-hybridized carbons (Fsp3) is 0.231. The smallest absolute Gasteiger partial charge is 0.257 e. The van der Waals surface area contributed by atoms with Crippen LogP contribution in [0.4, 0.5) is 39.0 Å². The van der Waals surface area contributed by atoms with Crippen LogP contribution in [0.3, 0.4) is 0 Å². The van der Waals surface area contributed by atoms with Gasteiger partial charge in [0.1, 0.15) is 5.69 Å². The normalized spacial score (nSPS) is 13.4. The molecule has 1 aliphatic rings. The largest absolute Gasteiger partial charge is 0.367 e. The average Bonchev–Trinajstić information content (AvgIpc) is 2.91. The molecule has 38 heavy (non-hydrogen) atoms. The zero-order chi connectivity index (χ0) is 27.6. The molecular formula is C26H22ClF5N4OS. The summed E-state index contributed by atoms with van der Waals surface area (Å²) in [5.41, 5.74) is 1.76. The molecule has 1 amide bonds. The number of aryl methyl sites for hydroxylation is 1. The van der Waals surface area contributed by atoms with Gasteiger partial charge in [-0.1, -0.05) is 30.7 Å². The number of halogens is 6. The number of nitrogens with one attached hydrogen (secondary N) is 2. The van der Waals surface area contributed by atoms with Gasteiger partial charge < -0.3 is 15.1 Å². The van der Waals surface area contributed by atoms with Gasteiger partial charge in [-0.3, -0.25) is 10.1 Å². The van der Waals surface area contributed by atoms with Gasteiger partial charge in [-0.15, -0.1) is 0 Å². The minimum atomic E-state index is -2.19. The highest BCUT2D eigenvalue weighted by molar-refractivity contribution is 7.80. The lowest BCUT2D eigenvalue weighted by molar-refractivity contribution is 0.0977. The number of hydrogen-bond donors (Lipinski definition) is 2. The molecule has 4 rings (SSSR count). The van der Waals surface area contributed by atoms with Crippen molar-refractivity contribution in [3.05, 3.63) is 87.7 Å². The van der Waals surface area contributed by atoms with Crippen molar-refractivity contribution in [1.29, 1.82) is 0 Å². The van der Waals surface area contributed by atoms with Crippen LogP contribution in [-0.4, -0.2) is 37.2 Å². The molecule has 0 atom stereocenters. The molecule has 5 nitrogen and oxygen atoms in total. The summed E-state index contributed by atoms with van der Waals surface area (Å²) >= 11 is 11.7. The first-order valence-electron chi connectivity index (χ1n) is 11.6. The van der Waals surface area contributed by atoms with Crippen molar-refractivity contribution in [1.82, 2.24) is 5.32 Å². The maximum atomic E-state index is 14.2. The maximum Gasteiger partial charge on any atom is 0.257 e. The summed E-state index contributed by atoms with van der Waals surface area (Å²) in [7, 11) is 0. The Kier molecular flexibility index (Phi) is 8.37. The standard InChI is InChI=1S/C26H22ClF5N4OS/c1-2-14-3-5-15(6-4-14)25(37)34-26(38)33-16-7-8-18(17(27)13-16)35-9-11-36(12-10-35)24-22(31)20(29)19(28)21(30)23(24)32/h3-8,13H,2,9-12H2,1H3,(H2,33,34,37,38). The lowest BCUT2D eigenvalue weighted by Gasteiger charge is -2.38. The molecule has 0 radical (unpaired) electrons. The van der Waals surface area contributed by atoms with Crippen LogP contribution in [-0.2, 0) is 6.42 Å². The average molecular weight is 569 g/mol. The van der Waals surface area contributed by atoms with Gasteiger partial charge in [-0.2, -0.15) is 0 Å². The zero-order valence-corrected chi connectivity index (χ0v) is 21.6. The van der Waals surface area contributed by atoms with Gasteiger partial charge in [0.2, 0.25) is 5.82 Å². The van der Waals surface area contributed by atoms with Crippen molar-refractivity contribution in [2.75, 3.05) is 41.3 Å². The number of thiocarbonyl (C=S) groups is 1. The van der Waals surface area contributed by atoms with Crippen molar-refractivity contribution in [2.45, 2.75) is 13.3 Å². The van der Waals surface area contributed by atoms with E-state index in [0.29, 0.717) is 22.0 Å². The third kappa shape index (κ3) is 5.68. The first-order chi connectivity index (χ1) is 18.1. The van der Waals surface area contributed by atoms with Crippen molar-refractivity contribution in [2.24, 2.45) is 0 Å². The predicted octanol–water partition coefficient (Wildman–Crippen LogP) is 6.05. The summed E-state index contributed by atoms with van der Waals surface area (Å²) in [6.45, 7) is 2.47. The summed E-state index contributed by atoms with van der Waals surface area (Å²) in [6.07, 6.45) is 0.861. The highest BCUT2D eigenvalue weighted by Crippen LogP contribution is 2.33. The van der Waals surface area contributed by atoms with Gasteiger partial charge in [-0.25, -0.2) is 22.0 Å². The van der Waals surface area contributed by atoms with E-state index in [1.807, 2.05) is 24.0 Å². The molecule has 3 aromatic rings. The number of piperazine rings is 1. The van der Waals surface area contributed by atoms with E-state index in [-0.39, 0.29) is 37.2 Å². The number of nitrogens with zero attached hydrogens (tertiary/aromatic N) is 2. The summed E-state index contributed by atoms with van der Waals surface area (Å²) in [4.78, 5) is 15.4. The van der Waals surface area contributed by atoms with E-state index in [9.17, 15) is 26.7 Å². The van der Waals surface area contributed by atoms with E-state index < -0.39 is 34.8 Å². The Morgan fingerprint density at radius 1 is 0.868 bits per heavy atom. The summed E-state index contributed by atoms with van der Waals surface area (Å²) < 4.78 is 69.0. The van der Waals surface area contributed by atoms with Crippen LogP contribution >= 0.6 is 23.8 Å². The second-order valence-electron chi connectivity index (χ2n) is 8.52. The molecule has 0 aromatic heterocycles. The van der Waals surface area contributed by atoms with Crippen LogP contribution < -0.4 is 20.4 Å². The first kappa shape index (κ1) is 27.6. The molecule has 0 bridgehead atoms. The summed E-state index contributed by atoms with van der Waals surface area (Å²) in [5, 5.41) is 5.92. The Morgan fingerprint density at radius 3 is 1.97 bits per heavy atom. The molecule has 2 N–H and O–H groups in total. The molecule has 0 unspecified atom stereocenters. The number of carbonyl (C=O) groups excluding carboxylic acids is 1. The molecule has 1 saturated heterocycles. The molecule has 0 saturated carbocycles. The second-order valence-corrected chi connectivity index (χ2v) is 9.33. The summed E-state index contributed by atoms with van der Waals surface area (Å²) in [6, 6.07) is 12.2. The Hall–Kier alpha value is -3.44. The fourth-order valence-corrected chi connectivity index (χ4v) is 4.62. The van der Waals surface area contributed by atoms with Crippen LogP contribution in [0.5, 0.6) is 0 Å². The fourth-order valence-electron chi connectivity index (χ4n) is 4.11. The number of hydrogen-bond acceptors (Lipinski definition) is 4. The SMILES string of the molecule is CCc1ccc(C(=O)NC(=S)Nc2ccc(N3CCN(c4c(F)c(F)c(F)c(F)c4F)CC3)c(Cl)c2)cc1. The minimum absolute atomic E-state index is 0.00400. The van der Waals surface area contributed by atoms with Crippen LogP contribution in [0.15, 0.2) is 42.5 Å². The van der Waals surface area contributed by atoms with E-state index in [1.165, 1.54) is 0 Å². The summed E-state index contributed by atoms with van der Waals surface area (Å²) in [5.74, 6) is -10.2. The molecular weight excluding hydrogens is 547 g/mol. The van der Waals surface area contributed by atoms with Gasteiger partial charge in [0.05, 0.1) is 10.7 Å². The number of rotatable bonds is 5. The maximum absolute atomic E-state index is 14.2. The van der Waals surface area contributed by atoms with Gasteiger partial charge in [0, 0.05) is 37.4 Å². The van der Waals surface area contributed by atoms with Crippen LogP contribution in [0.2, 0.25) is 5.02 Å². The molecule has 3 aromatic carbocycles. The Morgan fingerprint density at radius 2 is 1.42 bits per heavy atom. The first-order valence-corrected chi connectivity index (χ1v) is 12.4. The monoisotopic (exact) mass is 568 g/mol. The third-order valence-electron chi connectivity index (χ3n) is 6.18. The van der Waals surface area contributed by atoms with Crippen LogP contribution in [0.25, 0.3) is 0 Å². The van der Waals surface area contributed by atoms with E-state index in [0.717, 1.165) is 16.9 Å². The quantitative estimate of drug-likeness (QED) is 0.170. The molecule has 12 heteroatoms. The molecule has 0 aliphatic carbocycles. The topological polar surface area (TPSA) is 47.6 Å². The Bertz CT molecular complexity index is 1350. The van der Waals surface area contributed by atoms with Crippen molar-refractivity contribution in [3.8, 4) is 0 Å². The van der Waals surface area contributed by atoms with Crippen LogP contribution in [0, 0.1) is 29.1 Å². The zero-order valence-electron chi connectivity index (χ0n) is 20.1. The van der Waals surface area contributed by atoms with E-state index in [4.69, 9.17) is 23.8 Å². The third-order valence-corrected chi connectivity index (χ3v) is 6.69. The lowest BCUT2D eigenvalue weighted by Crippen LogP contribution is -2.47. The Labute approximate surface area is 226 Å². The van der Waals surface area contributed by atoms with Gasteiger partial charge in [0.15, 0.2) is 28.4 Å². The van der Waals surface area contributed by atoms with E-state index in [1.54, 1.807) is 30.3 Å². The van der Waals surface area contributed by atoms with Crippen molar-refractivity contribution in [3.63, 3.8) is 0 Å². The van der Waals surface area contributed by atoms with Gasteiger partial charge >= 0.3 is 0 Å². The molecule has 1 fully saturated rings. The predicted molar refractivity (Wildman–Crippen MR) is 142 cm³/mol. The van der Waals surface area contributed by atoms with Crippen molar-refractivity contribution >= 4 is 51.9 Å². The lowest BCUT2D eigenvalue weighted by atomic mass is 10.1. The molecule has 200 valence electrons. The molecule has 0 spiro atoms. The minimum Gasteiger partial charge on any atom is -0.367 e. The second kappa shape index (κ2) is 11.5. The number of anilines is 3. The van der Waals surface area contributed by atoms with Crippen LogP contribution in [0.1, 0.15) is 22.8 Å². The highest BCUT2D eigenvalue weighted by Gasteiger charge is 2.31. The molecule has 1 heterocycles. The van der Waals surface area contributed by atoms with Gasteiger partial charge in [0.25, 0.3) is 5.91 Å². The highest BCUT2D eigenvalue weighted by atomic mass is 35.5.